The second kappa shape index (κ2) is 9.44. The summed E-state index contributed by atoms with van der Waals surface area (Å²) in [5, 5.41) is 13.4. The van der Waals surface area contributed by atoms with E-state index in [-0.39, 0.29) is 17.7 Å². The molecular weight excluding hydrogens is 432 g/mol. The summed E-state index contributed by atoms with van der Waals surface area (Å²) in [5.41, 5.74) is 1.69. The molecule has 0 aliphatic heterocycles. The fourth-order valence-electron chi connectivity index (χ4n) is 3.01. The van der Waals surface area contributed by atoms with Crippen molar-refractivity contribution in [1.29, 1.82) is 0 Å². The van der Waals surface area contributed by atoms with Gasteiger partial charge in [-0.05, 0) is 48.5 Å². The van der Waals surface area contributed by atoms with Crippen molar-refractivity contribution >= 4 is 39.2 Å². The van der Waals surface area contributed by atoms with E-state index < -0.39 is 0 Å². The van der Waals surface area contributed by atoms with E-state index in [2.05, 4.69) is 20.5 Å². The number of rotatable bonds is 8. The second-order valence-corrected chi connectivity index (χ2v) is 8.77. The van der Waals surface area contributed by atoms with Crippen molar-refractivity contribution in [2.75, 3.05) is 19.4 Å². The molecule has 0 bridgehead atoms. The van der Waals surface area contributed by atoms with E-state index in [1.54, 1.807) is 28.0 Å². The van der Waals surface area contributed by atoms with Crippen LogP contribution in [0.25, 0.3) is 15.9 Å². The van der Waals surface area contributed by atoms with Crippen molar-refractivity contribution in [2.24, 2.45) is 0 Å². The first kappa shape index (κ1) is 21.3. The Balaban J connectivity index is 1.45. The predicted octanol–water partition coefficient (Wildman–Crippen LogP) is 3.98. The molecule has 0 N–H and O–H groups in total. The van der Waals surface area contributed by atoms with E-state index in [0.717, 1.165) is 20.9 Å². The molecule has 160 valence electrons. The van der Waals surface area contributed by atoms with E-state index in [1.807, 2.05) is 62.4 Å². The number of fused-ring (bicyclic) bond motifs is 1. The van der Waals surface area contributed by atoms with Crippen LogP contribution in [-0.2, 0) is 4.79 Å². The molecule has 4 aromatic rings. The van der Waals surface area contributed by atoms with E-state index in [0.29, 0.717) is 17.5 Å². The van der Waals surface area contributed by atoms with Gasteiger partial charge >= 0.3 is 0 Å². The Morgan fingerprint density at radius 3 is 2.81 bits per heavy atom. The van der Waals surface area contributed by atoms with Crippen molar-refractivity contribution in [3.8, 4) is 11.4 Å². The molecule has 4 rings (SSSR count). The Morgan fingerprint density at radius 1 is 1.23 bits per heavy atom. The number of thioether (sulfide) groups is 1. The Morgan fingerprint density at radius 2 is 2.00 bits per heavy atom. The Kier molecular flexibility index (Phi) is 6.47. The van der Waals surface area contributed by atoms with Crippen LogP contribution in [0.5, 0.6) is 5.75 Å². The van der Waals surface area contributed by atoms with Crippen LogP contribution < -0.4 is 4.74 Å². The number of hydrogen-bond acceptors (Lipinski definition) is 8. The SMILES string of the molecule is CCOc1ccccc1-n1nnnc1SCC(=O)N(C)C(C)c1nc2ccccc2s1. The second-order valence-electron chi connectivity index (χ2n) is 6.76. The average molecular weight is 455 g/mol. The molecule has 0 spiro atoms. The number of benzene rings is 2. The molecule has 0 aliphatic rings. The van der Waals surface area contributed by atoms with Crippen molar-refractivity contribution in [3.63, 3.8) is 0 Å². The molecule has 0 saturated heterocycles. The molecule has 10 heteroatoms. The molecule has 0 fully saturated rings. The highest BCUT2D eigenvalue weighted by Crippen LogP contribution is 2.30. The zero-order chi connectivity index (χ0) is 21.8. The highest BCUT2D eigenvalue weighted by molar-refractivity contribution is 7.99. The first-order valence-electron chi connectivity index (χ1n) is 9.83. The largest absolute Gasteiger partial charge is 0.492 e. The summed E-state index contributed by atoms with van der Waals surface area (Å²) in [7, 11) is 1.80. The molecule has 8 nitrogen and oxygen atoms in total. The minimum atomic E-state index is -0.125. The van der Waals surface area contributed by atoms with Crippen LogP contribution in [0.15, 0.2) is 53.7 Å². The number of tetrazole rings is 1. The third kappa shape index (κ3) is 4.54. The van der Waals surface area contributed by atoms with Crippen LogP contribution in [0.2, 0.25) is 0 Å². The first-order valence-corrected chi connectivity index (χ1v) is 11.6. The van der Waals surface area contributed by atoms with Gasteiger partial charge in [0.2, 0.25) is 11.1 Å². The van der Waals surface area contributed by atoms with E-state index >= 15 is 0 Å². The first-order chi connectivity index (χ1) is 15.1. The number of nitrogens with zero attached hydrogens (tertiary/aromatic N) is 6. The molecule has 1 atom stereocenters. The summed E-state index contributed by atoms with van der Waals surface area (Å²) in [6, 6.07) is 15.4. The zero-order valence-corrected chi connectivity index (χ0v) is 19.1. The maximum Gasteiger partial charge on any atom is 0.233 e. The number of para-hydroxylation sites is 3. The van der Waals surface area contributed by atoms with E-state index in [4.69, 9.17) is 4.74 Å². The molecule has 2 heterocycles. The van der Waals surface area contributed by atoms with Crippen LogP contribution in [0.3, 0.4) is 0 Å². The van der Waals surface area contributed by atoms with Gasteiger partial charge in [-0.15, -0.1) is 16.4 Å². The number of aromatic nitrogens is 5. The molecular formula is C21H22N6O2S2. The number of carbonyl (C=O) groups is 1. The number of thiazole rings is 1. The van der Waals surface area contributed by atoms with Gasteiger partial charge in [0.25, 0.3) is 0 Å². The van der Waals surface area contributed by atoms with Gasteiger partial charge in [0, 0.05) is 7.05 Å². The number of hydrogen-bond donors (Lipinski definition) is 0. The number of ether oxygens (including phenoxy) is 1. The van der Waals surface area contributed by atoms with Gasteiger partial charge in [-0.25, -0.2) is 4.98 Å². The molecule has 31 heavy (non-hydrogen) atoms. The highest BCUT2D eigenvalue weighted by atomic mass is 32.2. The summed E-state index contributed by atoms with van der Waals surface area (Å²) < 4.78 is 8.39. The maximum absolute atomic E-state index is 12.9. The molecule has 0 radical (unpaired) electrons. The van der Waals surface area contributed by atoms with Crippen LogP contribution in [0, 0.1) is 0 Å². The van der Waals surface area contributed by atoms with E-state index in [9.17, 15) is 4.79 Å². The molecule has 0 saturated carbocycles. The Bertz CT molecular complexity index is 1160. The van der Waals surface area contributed by atoms with Gasteiger partial charge in [0.1, 0.15) is 16.4 Å². The highest BCUT2D eigenvalue weighted by Gasteiger charge is 2.22. The van der Waals surface area contributed by atoms with Crippen molar-refractivity contribution in [1.82, 2.24) is 30.1 Å². The van der Waals surface area contributed by atoms with Gasteiger partial charge < -0.3 is 9.64 Å². The van der Waals surface area contributed by atoms with Crippen LogP contribution in [0.1, 0.15) is 24.9 Å². The summed E-state index contributed by atoms with van der Waals surface area (Å²) in [4.78, 5) is 19.3. The van der Waals surface area contributed by atoms with Gasteiger partial charge in [-0.1, -0.05) is 36.0 Å². The Hall–Kier alpha value is -2.98. The summed E-state index contributed by atoms with van der Waals surface area (Å²) >= 11 is 2.90. The lowest BCUT2D eigenvalue weighted by atomic mass is 10.3. The normalized spacial score (nSPS) is 12.1. The lowest BCUT2D eigenvalue weighted by Gasteiger charge is -2.23. The topological polar surface area (TPSA) is 86.0 Å². The average Bonchev–Trinajstić information content (AvgIpc) is 3.44. The summed E-state index contributed by atoms with van der Waals surface area (Å²) in [5.74, 6) is 0.875. The van der Waals surface area contributed by atoms with Crippen LogP contribution in [-0.4, -0.2) is 55.4 Å². The summed E-state index contributed by atoms with van der Waals surface area (Å²) in [6.45, 7) is 4.45. The third-order valence-corrected chi connectivity index (χ3v) is 6.91. The Labute approximate surface area is 188 Å². The van der Waals surface area contributed by atoms with Crippen molar-refractivity contribution in [3.05, 3.63) is 53.5 Å². The smallest absolute Gasteiger partial charge is 0.233 e. The number of carbonyl (C=O) groups excluding carboxylic acids is 1. The van der Waals surface area contributed by atoms with Crippen LogP contribution >= 0.6 is 23.1 Å². The van der Waals surface area contributed by atoms with E-state index in [1.165, 1.54) is 11.8 Å². The lowest BCUT2D eigenvalue weighted by molar-refractivity contribution is -0.128. The molecule has 2 aromatic carbocycles. The molecule has 0 aliphatic carbocycles. The fraction of sp³-hybridized carbons (Fsp3) is 0.286. The predicted molar refractivity (Wildman–Crippen MR) is 122 cm³/mol. The van der Waals surface area contributed by atoms with Gasteiger partial charge in [0.05, 0.1) is 28.6 Å². The zero-order valence-electron chi connectivity index (χ0n) is 17.4. The molecule has 2 aromatic heterocycles. The maximum atomic E-state index is 12.9. The van der Waals surface area contributed by atoms with Crippen molar-refractivity contribution < 1.29 is 9.53 Å². The quantitative estimate of drug-likeness (QED) is 0.372. The third-order valence-electron chi connectivity index (χ3n) is 4.80. The van der Waals surface area contributed by atoms with Crippen LogP contribution in [0.4, 0.5) is 0 Å². The van der Waals surface area contributed by atoms with Gasteiger partial charge in [-0.2, -0.15) is 4.68 Å². The molecule has 1 amide bonds. The molecule has 1 unspecified atom stereocenters. The standard InChI is InChI=1S/C21H22N6O2S2/c1-4-29-17-11-7-6-10-16(17)27-21(23-24-25-27)30-13-19(28)26(3)14(2)20-22-15-9-5-8-12-18(15)31-20/h5-12,14H,4,13H2,1-3H3. The monoisotopic (exact) mass is 454 g/mol. The van der Waals surface area contributed by atoms with Gasteiger partial charge in [0.15, 0.2) is 0 Å². The number of amides is 1. The van der Waals surface area contributed by atoms with Crippen molar-refractivity contribution in [2.45, 2.75) is 25.0 Å². The van der Waals surface area contributed by atoms with Gasteiger partial charge in [-0.3, -0.25) is 4.79 Å². The minimum Gasteiger partial charge on any atom is -0.492 e. The fourth-order valence-corrected chi connectivity index (χ4v) is 4.88. The summed E-state index contributed by atoms with van der Waals surface area (Å²) in [6.07, 6.45) is 0. The minimum absolute atomic E-state index is 0.0237. The lowest BCUT2D eigenvalue weighted by Crippen LogP contribution is -2.31.